The van der Waals surface area contributed by atoms with Gasteiger partial charge in [0.1, 0.15) is 0 Å². The summed E-state index contributed by atoms with van der Waals surface area (Å²) in [6, 6.07) is 13.0. The van der Waals surface area contributed by atoms with Crippen LogP contribution in [0.2, 0.25) is 0 Å². The van der Waals surface area contributed by atoms with Gasteiger partial charge in [-0.1, -0.05) is 0 Å². The van der Waals surface area contributed by atoms with Crippen molar-refractivity contribution in [3.8, 4) is 0 Å². The Morgan fingerprint density at radius 3 is 2.45 bits per heavy atom. The number of benzene rings is 2. The first-order valence-electron chi connectivity index (χ1n) is 6.93. The summed E-state index contributed by atoms with van der Waals surface area (Å²) in [4.78, 5) is 0. The van der Waals surface area contributed by atoms with Crippen molar-refractivity contribution in [1.29, 1.82) is 0 Å². The molecule has 0 amide bonds. The Bertz CT molecular complexity index is 722. The van der Waals surface area contributed by atoms with Crippen molar-refractivity contribution in [2.24, 2.45) is 0 Å². The minimum absolute atomic E-state index is 0. The second-order valence-electron chi connectivity index (χ2n) is 5.28. The van der Waals surface area contributed by atoms with Gasteiger partial charge in [-0.15, -0.1) is 0 Å². The summed E-state index contributed by atoms with van der Waals surface area (Å²) < 4.78 is 5.64. The fourth-order valence-electron chi connectivity index (χ4n) is 2.99. The average molecular weight is 368 g/mol. The number of hydrogen-bond donors (Lipinski definition) is 0. The third-order valence-corrected chi connectivity index (χ3v) is 4.60. The van der Waals surface area contributed by atoms with Gasteiger partial charge in [0, 0.05) is 0 Å². The van der Waals surface area contributed by atoms with E-state index in [4.69, 9.17) is 3.32 Å². The molecule has 4 heteroatoms. The summed E-state index contributed by atoms with van der Waals surface area (Å²) in [7, 11) is 0. The van der Waals surface area contributed by atoms with E-state index in [0.717, 1.165) is 6.42 Å². The molecule has 0 radical (unpaired) electrons. The zero-order chi connectivity index (χ0) is 14.1. The molecule has 0 spiro atoms. The Morgan fingerprint density at radius 1 is 1.09 bits per heavy atom. The Morgan fingerprint density at radius 2 is 1.82 bits per heavy atom. The van der Waals surface area contributed by atoms with Crippen LogP contribution in [0.4, 0.5) is 0 Å². The van der Waals surface area contributed by atoms with Crippen LogP contribution in [0.25, 0.3) is 16.3 Å². The van der Waals surface area contributed by atoms with Gasteiger partial charge < -0.3 is 24.8 Å². The van der Waals surface area contributed by atoms with E-state index in [2.05, 4.69) is 62.4 Å². The molecule has 1 unspecified atom stereocenters. The van der Waals surface area contributed by atoms with E-state index in [0.29, 0.717) is 0 Å². The summed E-state index contributed by atoms with van der Waals surface area (Å²) in [5, 5.41) is 2.57. The first-order chi connectivity index (χ1) is 9.72. The van der Waals surface area contributed by atoms with E-state index in [-0.39, 0.29) is 30.9 Å². The van der Waals surface area contributed by atoms with E-state index < -0.39 is 0 Å². The minimum Gasteiger partial charge on any atom is -1.00 e. The first-order valence-corrected chi connectivity index (χ1v) is 7.57. The fraction of sp³-hybridized carbons (Fsp3) is 0.222. The Kier molecular flexibility index (Phi) is 7.38. The molecule has 1 nitrogen and oxygen atoms in total. The number of rotatable bonds is 3. The number of halogens is 2. The average Bonchev–Trinajstić information content (AvgIpc) is 2.91. The molecule has 0 saturated carbocycles. The van der Waals surface area contributed by atoms with Crippen molar-refractivity contribution < 1.29 is 49.0 Å². The van der Waals surface area contributed by atoms with E-state index >= 15 is 0 Å². The molecule has 0 bridgehead atoms. The third-order valence-electron chi connectivity index (χ3n) is 4.04. The van der Waals surface area contributed by atoms with Crippen LogP contribution in [0.1, 0.15) is 37.5 Å². The smallest absolute Gasteiger partial charge is 1.00 e. The molecule has 3 rings (SSSR count). The molecule has 0 aliphatic heterocycles. The molecule has 0 heterocycles. The molecule has 1 aliphatic carbocycles. The molecule has 1 aliphatic rings. The van der Waals surface area contributed by atoms with Gasteiger partial charge in [0.05, 0.1) is 0 Å². The maximum absolute atomic E-state index is 5.64. The van der Waals surface area contributed by atoms with Crippen molar-refractivity contribution in [3.63, 3.8) is 0 Å². The molecule has 0 N–H and O–H groups in total. The van der Waals surface area contributed by atoms with Crippen molar-refractivity contribution in [2.75, 3.05) is 0 Å². The van der Waals surface area contributed by atoms with Gasteiger partial charge in [-0.25, -0.2) is 0 Å². The Balaban J connectivity index is 0.00000121. The molecule has 2 aromatic carbocycles. The van der Waals surface area contributed by atoms with Gasteiger partial charge >= 0.3 is 132 Å². The second kappa shape index (κ2) is 8.33. The van der Waals surface area contributed by atoms with Crippen LogP contribution >= 0.6 is 0 Å². The van der Waals surface area contributed by atoms with Crippen LogP contribution in [-0.2, 0) is 24.1 Å². The summed E-state index contributed by atoms with van der Waals surface area (Å²) in [6.45, 7) is 4.32. The SMILES string of the molecule is CC1=C(c2ccc3ccccc3c2C(C)[O][Ti+2])CC=C1.[Cl-].[Cl-]. The number of allylic oxidation sites excluding steroid dienone is 4. The monoisotopic (exact) mass is 367 g/mol. The van der Waals surface area contributed by atoms with Gasteiger partial charge in [-0.3, -0.25) is 0 Å². The predicted molar refractivity (Wildman–Crippen MR) is 79.8 cm³/mol. The molecule has 113 valence electrons. The molecule has 1 atom stereocenters. The largest absolute Gasteiger partial charge is 1.00 e. The first kappa shape index (κ1) is 19.5. The Labute approximate surface area is 156 Å². The van der Waals surface area contributed by atoms with Gasteiger partial charge in [0.2, 0.25) is 0 Å². The summed E-state index contributed by atoms with van der Waals surface area (Å²) in [5.74, 6) is 0. The topological polar surface area (TPSA) is 9.23 Å². The molecule has 2 aromatic rings. The van der Waals surface area contributed by atoms with Crippen LogP contribution in [0.3, 0.4) is 0 Å². The molecule has 0 aromatic heterocycles. The van der Waals surface area contributed by atoms with Crippen molar-refractivity contribution in [3.05, 3.63) is 65.3 Å². The van der Waals surface area contributed by atoms with E-state index in [1.807, 2.05) is 0 Å². The standard InChI is InChI=1S/C18H17O.2ClH.Ti/c1-12-6-5-9-15(12)17-11-10-14-7-3-4-8-16(14)18(17)13(2)19;;;/h3-8,10-11,13H,9H2,1-2H3;2*1H;/q-1;;;+3/p-2. The fourth-order valence-corrected chi connectivity index (χ4v) is 3.18. The molecule has 0 saturated heterocycles. The van der Waals surface area contributed by atoms with Crippen LogP contribution < -0.4 is 24.8 Å². The van der Waals surface area contributed by atoms with E-state index in [1.54, 1.807) is 20.8 Å². The zero-order valence-corrected chi connectivity index (χ0v) is 15.6. The van der Waals surface area contributed by atoms with Crippen LogP contribution in [0, 0.1) is 0 Å². The van der Waals surface area contributed by atoms with Gasteiger partial charge in [0.25, 0.3) is 0 Å². The summed E-state index contributed by atoms with van der Waals surface area (Å²) in [5.41, 5.74) is 5.43. The normalized spacial score (nSPS) is 14.7. The van der Waals surface area contributed by atoms with E-state index in [1.165, 1.54) is 33.0 Å². The maximum Gasteiger partial charge on any atom is -1.00 e. The quantitative estimate of drug-likeness (QED) is 0.640. The van der Waals surface area contributed by atoms with Gasteiger partial charge in [0.15, 0.2) is 0 Å². The number of fused-ring (bicyclic) bond motifs is 1. The number of hydrogen-bond acceptors (Lipinski definition) is 1. The molecular formula is C18H17Cl2OTi. The summed E-state index contributed by atoms with van der Waals surface area (Å²) >= 11 is 1.78. The Hall–Kier alpha value is -0.566. The van der Waals surface area contributed by atoms with Crippen molar-refractivity contribution in [2.45, 2.75) is 26.4 Å². The second-order valence-corrected chi connectivity index (χ2v) is 5.64. The predicted octanol–water partition coefficient (Wildman–Crippen LogP) is -0.879. The zero-order valence-electron chi connectivity index (χ0n) is 12.6. The minimum atomic E-state index is 0. The van der Waals surface area contributed by atoms with Crippen LogP contribution in [-0.4, -0.2) is 0 Å². The van der Waals surface area contributed by atoms with Gasteiger partial charge in [-0.2, -0.15) is 0 Å². The molecule has 0 fully saturated rings. The third kappa shape index (κ3) is 3.50. The summed E-state index contributed by atoms with van der Waals surface area (Å²) in [6.07, 6.45) is 5.57. The molecular weight excluding hydrogens is 351 g/mol. The van der Waals surface area contributed by atoms with Crippen LogP contribution in [0.15, 0.2) is 54.1 Å². The van der Waals surface area contributed by atoms with Crippen LogP contribution in [0.5, 0.6) is 0 Å². The maximum atomic E-state index is 5.64. The van der Waals surface area contributed by atoms with Gasteiger partial charge in [-0.05, 0) is 0 Å². The van der Waals surface area contributed by atoms with Crippen molar-refractivity contribution >= 4 is 16.3 Å². The van der Waals surface area contributed by atoms with Crippen molar-refractivity contribution in [1.82, 2.24) is 0 Å². The van der Waals surface area contributed by atoms with E-state index in [9.17, 15) is 0 Å². The molecule has 22 heavy (non-hydrogen) atoms.